The van der Waals surface area contributed by atoms with E-state index in [9.17, 15) is 8.42 Å². The molecule has 1 spiro atoms. The summed E-state index contributed by atoms with van der Waals surface area (Å²) in [4.78, 5) is 2.60. The van der Waals surface area contributed by atoms with Crippen LogP contribution in [-0.4, -0.2) is 39.5 Å². The lowest BCUT2D eigenvalue weighted by molar-refractivity contribution is 0.00385. The summed E-state index contributed by atoms with van der Waals surface area (Å²) in [5, 5.41) is 0. The molecule has 1 unspecified atom stereocenters. The number of hydrogen-bond donors (Lipinski definition) is 2. The number of benzene rings is 1. The predicted molar refractivity (Wildman–Crippen MR) is 88.0 cm³/mol. The van der Waals surface area contributed by atoms with E-state index in [1.807, 2.05) is 0 Å². The minimum absolute atomic E-state index is 0.274. The summed E-state index contributed by atoms with van der Waals surface area (Å²) in [6.07, 6.45) is 6.32. The minimum Gasteiger partial charge on any atom is -0.399 e. The number of piperidine rings is 1. The van der Waals surface area contributed by atoms with Crippen molar-refractivity contribution in [3.63, 3.8) is 0 Å². The van der Waals surface area contributed by atoms with E-state index in [0.717, 1.165) is 13.0 Å². The van der Waals surface area contributed by atoms with Crippen LogP contribution in [0.2, 0.25) is 0 Å². The molecule has 1 aliphatic carbocycles. The molecule has 1 aliphatic heterocycles. The van der Waals surface area contributed by atoms with Crippen molar-refractivity contribution in [1.29, 1.82) is 0 Å². The van der Waals surface area contributed by atoms with Crippen LogP contribution in [0.4, 0.5) is 5.69 Å². The van der Waals surface area contributed by atoms with Gasteiger partial charge in [-0.05, 0) is 62.4 Å². The first-order valence-corrected chi connectivity index (χ1v) is 9.44. The summed E-state index contributed by atoms with van der Waals surface area (Å²) in [5.74, 6) is 0. The molecule has 22 heavy (non-hydrogen) atoms. The third-order valence-electron chi connectivity index (χ3n) is 5.33. The number of sulfonamides is 1. The maximum atomic E-state index is 12.3. The maximum Gasteiger partial charge on any atom is 0.240 e. The Morgan fingerprint density at radius 2 is 1.95 bits per heavy atom. The number of nitrogens with zero attached hydrogens (tertiary/aromatic N) is 1. The average molecular weight is 323 g/mol. The minimum atomic E-state index is -3.45. The fourth-order valence-corrected chi connectivity index (χ4v) is 4.78. The van der Waals surface area contributed by atoms with Crippen LogP contribution in [0.3, 0.4) is 0 Å². The summed E-state index contributed by atoms with van der Waals surface area (Å²) in [5.41, 5.74) is 6.70. The quantitative estimate of drug-likeness (QED) is 0.829. The number of nitrogens with one attached hydrogen (secondary N) is 1. The Labute approximate surface area is 132 Å². The molecule has 1 saturated heterocycles. The van der Waals surface area contributed by atoms with E-state index < -0.39 is 10.0 Å². The Morgan fingerprint density at radius 1 is 1.27 bits per heavy atom. The predicted octanol–water partition coefficient (Wildman–Crippen LogP) is 1.81. The molecule has 3 N–H and O–H groups in total. The van der Waals surface area contributed by atoms with Gasteiger partial charge in [-0.15, -0.1) is 0 Å². The standard InChI is InChI=1S/C16H25N3O2S/c1-19-12-16(8-2-9-16)10-7-14(19)11-18-22(20,21)15-5-3-13(17)4-6-15/h3-6,14,18H,2,7-12,17H2,1H3. The highest BCUT2D eigenvalue weighted by Gasteiger charge is 2.42. The van der Waals surface area contributed by atoms with E-state index in [-0.39, 0.29) is 10.9 Å². The van der Waals surface area contributed by atoms with Gasteiger partial charge in [-0.25, -0.2) is 13.1 Å². The fraction of sp³-hybridized carbons (Fsp3) is 0.625. The van der Waals surface area contributed by atoms with Gasteiger partial charge in [-0.2, -0.15) is 0 Å². The summed E-state index contributed by atoms with van der Waals surface area (Å²) in [6, 6.07) is 6.61. The first kappa shape index (κ1) is 15.8. The van der Waals surface area contributed by atoms with Crippen molar-refractivity contribution >= 4 is 15.7 Å². The van der Waals surface area contributed by atoms with Gasteiger partial charge in [0, 0.05) is 24.8 Å². The number of anilines is 1. The van der Waals surface area contributed by atoms with Gasteiger partial charge in [0.05, 0.1) is 4.90 Å². The molecule has 0 aromatic heterocycles. The van der Waals surface area contributed by atoms with Crippen LogP contribution in [0.25, 0.3) is 0 Å². The van der Waals surface area contributed by atoms with Crippen molar-refractivity contribution in [3.8, 4) is 0 Å². The van der Waals surface area contributed by atoms with E-state index in [0.29, 0.717) is 17.6 Å². The Balaban J connectivity index is 1.59. The number of hydrogen-bond acceptors (Lipinski definition) is 4. The molecule has 2 aliphatic rings. The second-order valence-corrected chi connectivity index (χ2v) is 8.65. The van der Waals surface area contributed by atoms with E-state index >= 15 is 0 Å². The van der Waals surface area contributed by atoms with E-state index in [2.05, 4.69) is 16.7 Å². The first-order chi connectivity index (χ1) is 10.4. The highest BCUT2D eigenvalue weighted by molar-refractivity contribution is 7.89. The van der Waals surface area contributed by atoms with Crippen LogP contribution in [-0.2, 0) is 10.0 Å². The second kappa shape index (κ2) is 5.83. The van der Waals surface area contributed by atoms with Gasteiger partial charge in [0.15, 0.2) is 0 Å². The van der Waals surface area contributed by atoms with Gasteiger partial charge in [0.2, 0.25) is 10.0 Å². The van der Waals surface area contributed by atoms with Crippen molar-refractivity contribution in [2.45, 2.75) is 43.0 Å². The molecule has 1 saturated carbocycles. The van der Waals surface area contributed by atoms with Crippen molar-refractivity contribution < 1.29 is 8.42 Å². The highest BCUT2D eigenvalue weighted by atomic mass is 32.2. The third-order valence-corrected chi connectivity index (χ3v) is 6.77. The van der Waals surface area contributed by atoms with Crippen LogP contribution in [0.15, 0.2) is 29.2 Å². The lowest BCUT2D eigenvalue weighted by Crippen LogP contribution is -2.53. The maximum absolute atomic E-state index is 12.3. The van der Waals surface area contributed by atoms with Crippen molar-refractivity contribution in [2.24, 2.45) is 5.41 Å². The molecule has 2 fully saturated rings. The molecule has 0 radical (unpaired) electrons. The SMILES string of the molecule is CN1CC2(CCC2)CCC1CNS(=O)(=O)c1ccc(N)cc1. The number of likely N-dealkylation sites (tertiary alicyclic amines) is 1. The van der Waals surface area contributed by atoms with Gasteiger partial charge in [-0.1, -0.05) is 6.42 Å². The van der Waals surface area contributed by atoms with E-state index in [4.69, 9.17) is 5.73 Å². The Hall–Kier alpha value is -1.11. The molecule has 1 aromatic carbocycles. The first-order valence-electron chi connectivity index (χ1n) is 7.96. The Bertz CT molecular complexity index is 623. The molecule has 1 atom stereocenters. The van der Waals surface area contributed by atoms with Crippen LogP contribution in [0, 0.1) is 5.41 Å². The highest BCUT2D eigenvalue weighted by Crippen LogP contribution is 2.48. The summed E-state index contributed by atoms with van der Waals surface area (Å²) in [7, 11) is -1.34. The zero-order chi connectivity index (χ0) is 15.8. The lowest BCUT2D eigenvalue weighted by atomic mass is 9.63. The molecule has 122 valence electrons. The zero-order valence-corrected chi connectivity index (χ0v) is 13.9. The van der Waals surface area contributed by atoms with Crippen LogP contribution < -0.4 is 10.5 Å². The average Bonchev–Trinajstić information content (AvgIpc) is 2.45. The molecular formula is C16H25N3O2S. The summed E-state index contributed by atoms with van der Waals surface area (Å²) >= 11 is 0. The monoisotopic (exact) mass is 323 g/mol. The van der Waals surface area contributed by atoms with Crippen LogP contribution >= 0.6 is 0 Å². The van der Waals surface area contributed by atoms with Crippen molar-refractivity contribution in [3.05, 3.63) is 24.3 Å². The third kappa shape index (κ3) is 3.14. The van der Waals surface area contributed by atoms with Crippen LogP contribution in [0.1, 0.15) is 32.1 Å². The van der Waals surface area contributed by atoms with Crippen molar-refractivity contribution in [2.75, 3.05) is 25.9 Å². The number of nitrogen functional groups attached to an aromatic ring is 1. The normalized spacial score (nSPS) is 25.0. The summed E-state index contributed by atoms with van der Waals surface area (Å²) in [6.45, 7) is 1.57. The Kier molecular flexibility index (Phi) is 4.18. The lowest BCUT2D eigenvalue weighted by Gasteiger charge is -2.51. The van der Waals surface area contributed by atoms with Gasteiger partial charge in [0.25, 0.3) is 0 Å². The largest absolute Gasteiger partial charge is 0.399 e. The Morgan fingerprint density at radius 3 is 2.50 bits per heavy atom. The molecule has 0 bridgehead atoms. The molecule has 6 heteroatoms. The van der Waals surface area contributed by atoms with Gasteiger partial charge in [-0.3, -0.25) is 0 Å². The van der Waals surface area contributed by atoms with Gasteiger partial charge >= 0.3 is 0 Å². The smallest absolute Gasteiger partial charge is 0.240 e. The second-order valence-electron chi connectivity index (χ2n) is 6.88. The number of likely N-dealkylation sites (N-methyl/N-ethyl adjacent to an activating group) is 1. The molecule has 1 aromatic rings. The number of rotatable bonds is 4. The molecule has 3 rings (SSSR count). The van der Waals surface area contributed by atoms with Crippen LogP contribution in [0.5, 0.6) is 0 Å². The van der Waals surface area contributed by atoms with Gasteiger partial charge < -0.3 is 10.6 Å². The fourth-order valence-electron chi connectivity index (χ4n) is 3.71. The molecule has 0 amide bonds. The molecule has 1 heterocycles. The number of nitrogens with two attached hydrogens (primary N) is 1. The molecule has 5 nitrogen and oxygen atoms in total. The molecular weight excluding hydrogens is 298 g/mol. The zero-order valence-electron chi connectivity index (χ0n) is 13.1. The van der Waals surface area contributed by atoms with Crippen molar-refractivity contribution in [1.82, 2.24) is 9.62 Å². The van der Waals surface area contributed by atoms with Gasteiger partial charge in [0.1, 0.15) is 0 Å². The van der Waals surface area contributed by atoms with E-state index in [1.54, 1.807) is 24.3 Å². The van der Waals surface area contributed by atoms with E-state index in [1.165, 1.54) is 25.7 Å². The summed E-state index contributed by atoms with van der Waals surface area (Å²) < 4.78 is 27.4. The topological polar surface area (TPSA) is 75.4 Å².